The van der Waals surface area contributed by atoms with E-state index < -0.39 is 11.3 Å². The van der Waals surface area contributed by atoms with Gasteiger partial charge in [-0.15, -0.1) is 12.3 Å². The fourth-order valence-corrected chi connectivity index (χ4v) is 4.06. The van der Waals surface area contributed by atoms with Gasteiger partial charge in [0.2, 0.25) is 5.91 Å². The van der Waals surface area contributed by atoms with Gasteiger partial charge in [0.25, 0.3) is 0 Å². The number of hydrogen-bond acceptors (Lipinski definition) is 5. The molecule has 0 radical (unpaired) electrons. The number of piperidine rings is 1. The van der Waals surface area contributed by atoms with Crippen molar-refractivity contribution in [2.75, 3.05) is 13.1 Å². The van der Waals surface area contributed by atoms with Crippen molar-refractivity contribution in [1.29, 1.82) is 0 Å². The second kappa shape index (κ2) is 7.33. The molecule has 144 valence electrons. The molecule has 1 aromatic carbocycles. The number of aliphatic hydroxyl groups is 1. The van der Waals surface area contributed by atoms with Crippen molar-refractivity contribution in [3.63, 3.8) is 0 Å². The van der Waals surface area contributed by atoms with Crippen molar-refractivity contribution in [2.24, 2.45) is 10.2 Å². The molecule has 0 spiro atoms. The number of nitrogens with zero attached hydrogens (tertiary/aromatic N) is 4. The lowest BCUT2D eigenvalue weighted by Crippen LogP contribution is -2.45. The van der Waals surface area contributed by atoms with Gasteiger partial charge in [-0.25, -0.2) is 0 Å². The maximum Gasteiger partial charge on any atom is 0.222 e. The molecule has 1 aromatic heterocycles. The van der Waals surface area contributed by atoms with Crippen molar-refractivity contribution < 1.29 is 9.90 Å². The summed E-state index contributed by atoms with van der Waals surface area (Å²) in [7, 11) is 0. The Morgan fingerprint density at radius 3 is 2.71 bits per heavy atom. The summed E-state index contributed by atoms with van der Waals surface area (Å²) in [6, 6.07) is 7.87. The van der Waals surface area contributed by atoms with Gasteiger partial charge in [-0.1, -0.05) is 18.2 Å². The molecular formula is C22H24N4O2. The van der Waals surface area contributed by atoms with Gasteiger partial charge in [-0.2, -0.15) is 10.2 Å². The minimum absolute atomic E-state index is 0.0987. The maximum atomic E-state index is 12.6. The summed E-state index contributed by atoms with van der Waals surface area (Å²) in [5.41, 5.74) is -0.425. The van der Waals surface area contributed by atoms with Crippen LogP contribution in [0.15, 0.2) is 46.9 Å². The number of rotatable bonds is 6. The van der Waals surface area contributed by atoms with Gasteiger partial charge in [-0.05, 0) is 29.9 Å². The number of aromatic nitrogens is 1. The molecule has 2 aromatic rings. The van der Waals surface area contributed by atoms with E-state index >= 15 is 0 Å². The molecule has 0 atom stereocenters. The van der Waals surface area contributed by atoms with Crippen molar-refractivity contribution in [3.8, 4) is 12.3 Å². The van der Waals surface area contributed by atoms with Crippen LogP contribution in [0.4, 0.5) is 0 Å². The number of benzene rings is 1. The van der Waals surface area contributed by atoms with Crippen molar-refractivity contribution >= 4 is 16.7 Å². The number of carbonyl (C=O) groups excluding carboxylic acids is 1. The van der Waals surface area contributed by atoms with Gasteiger partial charge < -0.3 is 10.0 Å². The zero-order chi connectivity index (χ0) is 19.6. The molecule has 0 saturated carbocycles. The molecule has 28 heavy (non-hydrogen) atoms. The van der Waals surface area contributed by atoms with E-state index in [0.29, 0.717) is 51.6 Å². The zero-order valence-corrected chi connectivity index (χ0v) is 15.8. The van der Waals surface area contributed by atoms with Crippen LogP contribution in [0.25, 0.3) is 10.8 Å². The molecule has 4 rings (SSSR count). The van der Waals surface area contributed by atoms with Crippen molar-refractivity contribution in [2.45, 2.75) is 49.8 Å². The third kappa shape index (κ3) is 3.63. The van der Waals surface area contributed by atoms with Crippen LogP contribution in [0, 0.1) is 12.3 Å². The number of hydrogen-bond donors (Lipinski definition) is 1. The van der Waals surface area contributed by atoms with Crippen LogP contribution in [-0.4, -0.2) is 39.6 Å². The van der Waals surface area contributed by atoms with E-state index in [9.17, 15) is 9.90 Å². The standard InChI is InChI=1S/C22H24N4O2/c1-2-3-9-22(24-25-22)10-7-20(27)26-14-11-21(28,12-15-26)19-6-4-5-17-16-23-13-8-18(17)19/h1,4-6,8,13,16,28H,3,7,9-12,14-15H2. The molecule has 1 saturated heterocycles. The first kappa shape index (κ1) is 18.6. The van der Waals surface area contributed by atoms with Gasteiger partial charge in [0, 0.05) is 56.6 Å². The number of carbonyl (C=O) groups is 1. The minimum Gasteiger partial charge on any atom is -0.385 e. The Labute approximate surface area is 164 Å². The van der Waals surface area contributed by atoms with Crippen LogP contribution < -0.4 is 0 Å². The van der Waals surface area contributed by atoms with E-state index in [1.54, 1.807) is 6.20 Å². The van der Waals surface area contributed by atoms with Gasteiger partial charge >= 0.3 is 0 Å². The number of fused-ring (bicyclic) bond motifs is 1. The fraction of sp³-hybridized carbons (Fsp3) is 0.455. The number of terminal acetylenes is 1. The maximum absolute atomic E-state index is 12.6. The Morgan fingerprint density at radius 1 is 1.21 bits per heavy atom. The second-order valence-corrected chi connectivity index (χ2v) is 7.70. The van der Waals surface area contributed by atoms with Gasteiger partial charge in [0.05, 0.1) is 5.60 Å². The van der Waals surface area contributed by atoms with Crippen LogP contribution in [0.3, 0.4) is 0 Å². The van der Waals surface area contributed by atoms with Crippen LogP contribution in [-0.2, 0) is 10.4 Å². The predicted octanol–water partition coefficient (Wildman–Crippen LogP) is 3.40. The quantitative estimate of drug-likeness (QED) is 0.785. The van der Waals surface area contributed by atoms with E-state index in [4.69, 9.17) is 6.42 Å². The smallest absolute Gasteiger partial charge is 0.222 e. The van der Waals surface area contributed by atoms with Gasteiger partial charge in [0.15, 0.2) is 5.66 Å². The third-order valence-corrected chi connectivity index (χ3v) is 5.92. The molecular weight excluding hydrogens is 352 g/mol. The number of pyridine rings is 1. The highest BCUT2D eigenvalue weighted by molar-refractivity contribution is 5.85. The van der Waals surface area contributed by atoms with E-state index in [2.05, 4.69) is 21.1 Å². The molecule has 0 unspecified atom stereocenters. The molecule has 1 N–H and O–H groups in total. The van der Waals surface area contributed by atoms with E-state index in [0.717, 1.165) is 16.3 Å². The first-order chi connectivity index (χ1) is 13.6. The summed E-state index contributed by atoms with van der Waals surface area (Å²) in [4.78, 5) is 18.6. The normalized spacial score (nSPS) is 19.4. The van der Waals surface area contributed by atoms with Crippen molar-refractivity contribution in [3.05, 3.63) is 42.2 Å². The molecule has 1 amide bonds. The zero-order valence-electron chi connectivity index (χ0n) is 15.8. The molecule has 0 aliphatic carbocycles. The van der Waals surface area contributed by atoms with E-state index in [1.807, 2.05) is 35.4 Å². The largest absolute Gasteiger partial charge is 0.385 e. The Kier molecular flexibility index (Phi) is 4.86. The minimum atomic E-state index is -0.924. The molecule has 3 heterocycles. The molecule has 2 aliphatic heterocycles. The summed E-state index contributed by atoms with van der Waals surface area (Å²) in [5, 5.41) is 21.5. The summed E-state index contributed by atoms with van der Waals surface area (Å²) >= 11 is 0. The second-order valence-electron chi connectivity index (χ2n) is 7.70. The third-order valence-electron chi connectivity index (χ3n) is 5.92. The summed E-state index contributed by atoms with van der Waals surface area (Å²) < 4.78 is 0. The van der Waals surface area contributed by atoms with E-state index in [-0.39, 0.29) is 5.91 Å². The molecule has 6 nitrogen and oxygen atoms in total. The lowest BCUT2D eigenvalue weighted by molar-refractivity contribution is -0.136. The monoisotopic (exact) mass is 376 g/mol. The summed E-state index contributed by atoms with van der Waals surface area (Å²) in [6.45, 7) is 1.09. The lowest BCUT2D eigenvalue weighted by atomic mass is 9.82. The van der Waals surface area contributed by atoms with Crippen LogP contribution in [0.5, 0.6) is 0 Å². The average Bonchev–Trinajstić information content (AvgIpc) is 3.51. The Bertz CT molecular complexity index is 943. The Morgan fingerprint density at radius 2 is 2.00 bits per heavy atom. The predicted molar refractivity (Wildman–Crippen MR) is 106 cm³/mol. The van der Waals surface area contributed by atoms with Crippen LogP contribution >= 0.6 is 0 Å². The Balaban J connectivity index is 1.37. The summed E-state index contributed by atoms with van der Waals surface area (Å²) in [5.74, 6) is 2.70. The van der Waals surface area contributed by atoms with E-state index in [1.165, 1.54) is 0 Å². The molecule has 0 bridgehead atoms. The molecule has 2 aliphatic rings. The summed E-state index contributed by atoms with van der Waals surface area (Å²) in [6.07, 6.45) is 12.3. The first-order valence-corrected chi connectivity index (χ1v) is 9.76. The topological polar surface area (TPSA) is 78.2 Å². The number of likely N-dealkylation sites (tertiary alicyclic amines) is 1. The molecule has 6 heteroatoms. The highest BCUT2D eigenvalue weighted by Crippen LogP contribution is 2.39. The molecule has 1 fully saturated rings. The van der Waals surface area contributed by atoms with Crippen molar-refractivity contribution in [1.82, 2.24) is 9.88 Å². The number of amides is 1. The Hall–Kier alpha value is -2.78. The first-order valence-electron chi connectivity index (χ1n) is 9.76. The van der Waals surface area contributed by atoms with Gasteiger partial charge in [0.1, 0.15) is 0 Å². The van der Waals surface area contributed by atoms with Crippen LogP contribution in [0.1, 0.15) is 44.1 Å². The fourth-order valence-electron chi connectivity index (χ4n) is 4.06. The average molecular weight is 376 g/mol. The van der Waals surface area contributed by atoms with Gasteiger partial charge in [-0.3, -0.25) is 9.78 Å². The highest BCUT2D eigenvalue weighted by Gasteiger charge is 2.41. The SMILES string of the molecule is C#CCCC1(CCC(=O)N2CCC(O)(c3cccc4cnccc34)CC2)N=N1. The lowest BCUT2D eigenvalue weighted by Gasteiger charge is -2.39. The highest BCUT2D eigenvalue weighted by atomic mass is 16.3. The van der Waals surface area contributed by atoms with Crippen LogP contribution in [0.2, 0.25) is 0 Å².